The van der Waals surface area contributed by atoms with E-state index < -0.39 is 23.9 Å². The molecule has 8 heteroatoms. The van der Waals surface area contributed by atoms with Crippen molar-refractivity contribution in [3.8, 4) is 0 Å². The Morgan fingerprint density at radius 3 is 1.56 bits per heavy atom. The summed E-state index contributed by atoms with van der Waals surface area (Å²) in [6, 6.07) is 25.4. The summed E-state index contributed by atoms with van der Waals surface area (Å²) < 4.78 is 10.4. The predicted octanol–water partition coefficient (Wildman–Crippen LogP) is 10.9. The summed E-state index contributed by atoms with van der Waals surface area (Å²) >= 11 is 0. The zero-order chi connectivity index (χ0) is 42.9. The van der Waals surface area contributed by atoms with E-state index in [9.17, 15) is 14.4 Å². The van der Waals surface area contributed by atoms with Gasteiger partial charge in [0.25, 0.3) is 11.8 Å². The molecule has 3 unspecified atom stereocenters. The van der Waals surface area contributed by atoms with Crippen molar-refractivity contribution < 1.29 is 19.1 Å². The van der Waals surface area contributed by atoms with Crippen LogP contribution in [0.15, 0.2) is 107 Å². The van der Waals surface area contributed by atoms with Crippen molar-refractivity contribution in [3.63, 3.8) is 0 Å². The van der Waals surface area contributed by atoms with Gasteiger partial charge in [-0.2, -0.15) is 0 Å². The molecule has 0 N–H and O–H groups in total. The lowest BCUT2D eigenvalue weighted by Crippen LogP contribution is -2.60. The largest absolute Gasteiger partial charge is 0.383 e. The van der Waals surface area contributed by atoms with E-state index in [-0.39, 0.29) is 30.8 Å². The van der Waals surface area contributed by atoms with Crippen LogP contribution in [-0.4, -0.2) is 63.1 Å². The van der Waals surface area contributed by atoms with Gasteiger partial charge in [-0.15, -0.1) is 0 Å². The molecule has 0 spiro atoms. The van der Waals surface area contributed by atoms with E-state index in [1.54, 1.807) is 14.0 Å². The van der Waals surface area contributed by atoms with Crippen molar-refractivity contribution in [2.75, 3.05) is 20.3 Å². The molecule has 1 saturated carbocycles. The van der Waals surface area contributed by atoms with Crippen LogP contribution >= 0.6 is 0 Å². The number of carbonyl (C=O) groups is 3. The minimum atomic E-state index is -0.578. The molecule has 4 amide bonds. The normalized spacial score (nSPS) is 20.1. The number of hydrogen-bond acceptors (Lipinski definition) is 4. The highest BCUT2D eigenvalue weighted by Gasteiger charge is 2.46. The fourth-order valence-corrected chi connectivity index (χ4v) is 10.2. The van der Waals surface area contributed by atoms with E-state index in [4.69, 9.17) is 4.74 Å². The Bertz CT molecular complexity index is 2700. The topological polar surface area (TPSA) is 76.8 Å². The fraction of sp³-hybridized carbons (Fsp3) is 0.377. The molecule has 1 aliphatic carbocycles. The van der Waals surface area contributed by atoms with E-state index in [1.165, 1.54) is 53.2 Å². The third kappa shape index (κ3) is 7.33. The number of methoxy groups -OCH3 is 1. The van der Waals surface area contributed by atoms with Crippen LogP contribution in [-0.2, 0) is 14.3 Å². The second kappa shape index (κ2) is 17.7. The van der Waals surface area contributed by atoms with Crippen LogP contribution in [0.4, 0.5) is 4.79 Å². The number of unbranched alkanes of at least 4 members (excludes halogenated alkanes) is 1. The third-order valence-electron chi connectivity index (χ3n) is 13.0. The molecule has 8 rings (SSSR count). The van der Waals surface area contributed by atoms with Crippen molar-refractivity contribution >= 4 is 73.3 Å². The number of aromatic nitrogens is 2. The van der Waals surface area contributed by atoms with Crippen LogP contribution < -0.4 is 10.7 Å². The number of ether oxygens (including phenoxy) is 1. The van der Waals surface area contributed by atoms with Crippen LogP contribution in [0.5, 0.6) is 0 Å². The molecule has 3 atom stereocenters. The Morgan fingerprint density at radius 1 is 0.607 bits per heavy atom. The summed E-state index contributed by atoms with van der Waals surface area (Å²) in [4.78, 5) is 46.3. The first kappa shape index (κ1) is 42.0. The molecular formula is C53H60N4O4. The van der Waals surface area contributed by atoms with Crippen molar-refractivity contribution in [1.29, 1.82) is 0 Å². The first-order valence-corrected chi connectivity index (χ1v) is 22.5. The van der Waals surface area contributed by atoms with Gasteiger partial charge in [0, 0.05) is 69.0 Å². The van der Waals surface area contributed by atoms with E-state index in [0.717, 1.165) is 53.9 Å². The second-order valence-electron chi connectivity index (χ2n) is 17.2. The smallest absolute Gasteiger partial charge is 0.334 e. The molecule has 316 valence electrons. The molecular weight excluding hydrogens is 757 g/mol. The monoisotopic (exact) mass is 816 g/mol. The van der Waals surface area contributed by atoms with Gasteiger partial charge in [-0.1, -0.05) is 113 Å². The average Bonchev–Trinajstić information content (AvgIpc) is 3.91. The number of imide groups is 2. The summed E-state index contributed by atoms with van der Waals surface area (Å²) in [5.41, 5.74) is 4.93. The van der Waals surface area contributed by atoms with Gasteiger partial charge in [0.2, 0.25) is 0 Å². The molecule has 1 saturated heterocycles. The average molecular weight is 817 g/mol. The van der Waals surface area contributed by atoms with E-state index in [2.05, 4.69) is 134 Å². The predicted molar refractivity (Wildman–Crippen MR) is 250 cm³/mol. The first-order chi connectivity index (χ1) is 29.6. The third-order valence-corrected chi connectivity index (χ3v) is 13.0. The number of barbiturate groups is 1. The summed E-state index contributed by atoms with van der Waals surface area (Å²) in [5.74, 6) is -1.08. The van der Waals surface area contributed by atoms with Gasteiger partial charge in [0.05, 0.1) is 12.6 Å². The van der Waals surface area contributed by atoms with Gasteiger partial charge >= 0.3 is 6.03 Å². The molecule has 6 aromatic rings. The number of amides is 4. The number of rotatable bonds is 14. The maximum Gasteiger partial charge on any atom is 0.334 e. The van der Waals surface area contributed by atoms with Crippen LogP contribution in [0.1, 0.15) is 105 Å². The van der Waals surface area contributed by atoms with Crippen LogP contribution in [0.3, 0.4) is 0 Å². The lowest BCUT2D eigenvalue weighted by molar-refractivity contribution is -0.137. The minimum absolute atomic E-state index is 0.0616. The molecule has 61 heavy (non-hydrogen) atoms. The summed E-state index contributed by atoms with van der Waals surface area (Å²) in [6.45, 7) is 13.3. The Kier molecular flexibility index (Phi) is 12.2. The highest BCUT2D eigenvalue weighted by atomic mass is 16.5. The van der Waals surface area contributed by atoms with E-state index >= 15 is 0 Å². The molecule has 8 nitrogen and oxygen atoms in total. The summed E-state index contributed by atoms with van der Waals surface area (Å²) in [5, 5.41) is 9.47. The zero-order valence-electron chi connectivity index (χ0n) is 37.0. The van der Waals surface area contributed by atoms with Crippen molar-refractivity contribution in [2.24, 2.45) is 0 Å². The van der Waals surface area contributed by atoms with Crippen LogP contribution in [0, 0.1) is 0 Å². The standard InChI is InChI=1S/C53H60N4O4/c1-8-11-32-54-51(58)50(52(59)57(53(54)60)36(6)33-61-7)47-39(28-30-43-41-22-12-18-37-20-14-24-45(48(37)41)55(43)34(4)16-9-2)26-27-40(47)29-31-44-42-23-13-19-38-21-15-25-46(49(38)42)56(44)35(5)17-10-3/h12-15,18-25,28-31,34-36H,8-11,16-17,26-27,32-33H2,1-7H3/b39-28-,40-29+,43-30-,44-31-,50-47+. The Morgan fingerprint density at radius 2 is 1.10 bits per heavy atom. The van der Waals surface area contributed by atoms with E-state index in [1.807, 2.05) is 6.92 Å². The molecule has 4 aromatic carbocycles. The quantitative estimate of drug-likeness (QED) is 0.0810. The molecule has 0 bridgehead atoms. The number of nitrogens with zero attached hydrogens (tertiary/aromatic N) is 4. The number of urea groups is 1. The molecule has 2 aliphatic rings. The van der Waals surface area contributed by atoms with Crippen LogP contribution in [0.25, 0.3) is 55.5 Å². The Labute approximate surface area is 359 Å². The summed E-state index contributed by atoms with van der Waals surface area (Å²) in [6.07, 6.45) is 15.6. The molecule has 3 heterocycles. The highest BCUT2D eigenvalue weighted by Crippen LogP contribution is 2.41. The highest BCUT2D eigenvalue weighted by molar-refractivity contribution is 6.30. The van der Waals surface area contributed by atoms with Gasteiger partial charge in [-0.05, 0) is 105 Å². The molecule has 2 fully saturated rings. The van der Waals surface area contributed by atoms with Crippen molar-refractivity contribution in [3.05, 3.63) is 118 Å². The number of hydrogen-bond donors (Lipinski definition) is 0. The number of allylic oxidation sites excluding steroid dienone is 5. The number of benzene rings is 4. The van der Waals surface area contributed by atoms with Gasteiger partial charge in [0.15, 0.2) is 0 Å². The maximum absolute atomic E-state index is 14.9. The zero-order valence-corrected chi connectivity index (χ0v) is 37.0. The second-order valence-corrected chi connectivity index (χ2v) is 17.2. The van der Waals surface area contributed by atoms with Gasteiger partial charge < -0.3 is 13.9 Å². The lowest BCUT2D eigenvalue weighted by atomic mass is 9.94. The number of carbonyl (C=O) groups excluding carboxylic acids is 3. The minimum Gasteiger partial charge on any atom is -0.383 e. The van der Waals surface area contributed by atoms with Crippen molar-refractivity contribution in [2.45, 2.75) is 111 Å². The molecule has 2 aromatic heterocycles. The molecule has 0 radical (unpaired) electrons. The Balaban J connectivity index is 1.41. The van der Waals surface area contributed by atoms with Gasteiger partial charge in [-0.25, -0.2) is 4.79 Å². The van der Waals surface area contributed by atoms with Crippen molar-refractivity contribution in [1.82, 2.24) is 18.9 Å². The lowest BCUT2D eigenvalue weighted by Gasteiger charge is -2.37. The first-order valence-electron chi connectivity index (χ1n) is 22.5. The Hall–Kier alpha value is -5.73. The SMILES string of the molecule is CCCCN1C(=O)/C(=C2C(=C\C=c3\c4cccc5cccc(c54)n3C(C)CCC)/CCC/2=C\C=c2\c3cccc4cccc(c43)n2C(C)CCC)C(=O)N(C(C)COC)C1=O. The maximum atomic E-state index is 14.9. The summed E-state index contributed by atoms with van der Waals surface area (Å²) in [7, 11) is 1.56. The van der Waals surface area contributed by atoms with Crippen LogP contribution in [0.2, 0.25) is 0 Å². The van der Waals surface area contributed by atoms with E-state index in [0.29, 0.717) is 24.8 Å². The van der Waals surface area contributed by atoms with Gasteiger partial charge in [-0.3, -0.25) is 19.4 Å². The fourth-order valence-electron chi connectivity index (χ4n) is 10.2. The van der Waals surface area contributed by atoms with Gasteiger partial charge in [0.1, 0.15) is 5.57 Å². The molecule has 1 aliphatic heterocycles.